The predicted molar refractivity (Wildman–Crippen MR) is 132 cm³/mol. The fourth-order valence-electron chi connectivity index (χ4n) is 3.99. The zero-order chi connectivity index (χ0) is 28.2. The molecule has 0 bridgehead atoms. The fourth-order valence-corrected chi connectivity index (χ4v) is 3.99. The number of carboxylic acid groups (broad SMARTS) is 1. The van der Waals surface area contributed by atoms with Crippen LogP contribution in [0.5, 0.6) is 0 Å². The highest BCUT2D eigenvalue weighted by molar-refractivity contribution is 5.96. The molecule has 0 aromatic carbocycles. The summed E-state index contributed by atoms with van der Waals surface area (Å²) < 4.78 is 0. The molecule has 1 aromatic rings. The number of likely N-dealkylation sites (tertiary alicyclic amines) is 1. The maximum Gasteiger partial charge on any atom is 0.326 e. The van der Waals surface area contributed by atoms with E-state index in [1.807, 2.05) is 0 Å². The zero-order valence-electron chi connectivity index (χ0n) is 20.9. The molecule has 0 spiro atoms. The van der Waals surface area contributed by atoms with Crippen molar-refractivity contribution in [1.82, 2.24) is 30.8 Å². The lowest BCUT2D eigenvalue weighted by Gasteiger charge is -2.27. The van der Waals surface area contributed by atoms with Crippen LogP contribution in [-0.2, 0) is 35.2 Å². The lowest BCUT2D eigenvalue weighted by molar-refractivity contribution is -0.143. The van der Waals surface area contributed by atoms with Gasteiger partial charge in [-0.2, -0.15) is 0 Å². The van der Waals surface area contributed by atoms with Gasteiger partial charge in [0.25, 0.3) is 0 Å². The van der Waals surface area contributed by atoms with Crippen LogP contribution in [0.3, 0.4) is 0 Å². The number of amides is 5. The number of nitrogens with zero attached hydrogens (tertiary/aromatic N) is 2. The lowest BCUT2D eigenvalue weighted by Crippen LogP contribution is -2.57. The molecule has 1 aliphatic rings. The van der Waals surface area contributed by atoms with Crippen LogP contribution in [0, 0.1) is 0 Å². The molecule has 0 radical (unpaired) electrons. The number of aromatic amines is 1. The van der Waals surface area contributed by atoms with Crippen LogP contribution in [0.4, 0.5) is 0 Å². The van der Waals surface area contributed by atoms with E-state index in [2.05, 4.69) is 25.9 Å². The smallest absolute Gasteiger partial charge is 0.326 e. The summed E-state index contributed by atoms with van der Waals surface area (Å²) in [6, 6.07) is -4.61. The van der Waals surface area contributed by atoms with Crippen LogP contribution in [0.25, 0.3) is 0 Å². The summed E-state index contributed by atoms with van der Waals surface area (Å²) in [5.74, 6) is -4.91. The van der Waals surface area contributed by atoms with Crippen molar-refractivity contribution < 1.29 is 33.9 Å². The van der Waals surface area contributed by atoms with Gasteiger partial charge in [0.05, 0.1) is 25.3 Å². The van der Waals surface area contributed by atoms with Crippen LogP contribution in [0.2, 0.25) is 0 Å². The number of carbonyl (C=O) groups is 6. The van der Waals surface area contributed by atoms with Crippen LogP contribution >= 0.6 is 0 Å². The maximum atomic E-state index is 13.0. The van der Waals surface area contributed by atoms with E-state index in [1.54, 1.807) is 0 Å². The number of aromatic nitrogens is 2. The molecule has 4 atom stereocenters. The molecule has 1 saturated heterocycles. The summed E-state index contributed by atoms with van der Waals surface area (Å²) >= 11 is 0. The fraction of sp³-hybridized carbons (Fsp3) is 0.591. The molecular weight excluding hydrogens is 502 g/mol. The molecule has 0 aliphatic carbocycles. The Balaban J connectivity index is 1.97. The van der Waals surface area contributed by atoms with Gasteiger partial charge < -0.3 is 48.1 Å². The Labute approximate surface area is 218 Å². The molecule has 0 unspecified atom stereocenters. The van der Waals surface area contributed by atoms with Crippen molar-refractivity contribution in [3.05, 3.63) is 18.2 Å². The maximum absolute atomic E-state index is 13.0. The number of primary amides is 1. The number of rotatable bonds is 15. The van der Waals surface area contributed by atoms with E-state index in [9.17, 15) is 33.9 Å². The Morgan fingerprint density at radius 3 is 2.50 bits per heavy atom. The molecule has 210 valence electrons. The minimum Gasteiger partial charge on any atom is -0.480 e. The highest BCUT2D eigenvalue weighted by Gasteiger charge is 2.37. The van der Waals surface area contributed by atoms with Gasteiger partial charge in [0.1, 0.15) is 18.1 Å². The van der Waals surface area contributed by atoms with Gasteiger partial charge in [-0.3, -0.25) is 24.0 Å². The van der Waals surface area contributed by atoms with Crippen molar-refractivity contribution in [2.45, 2.75) is 62.7 Å². The summed E-state index contributed by atoms with van der Waals surface area (Å²) in [7, 11) is 0. The molecule has 2 rings (SSSR count). The first-order chi connectivity index (χ1) is 18.0. The molecule has 1 aromatic heterocycles. The highest BCUT2D eigenvalue weighted by atomic mass is 16.4. The van der Waals surface area contributed by atoms with Crippen LogP contribution in [-0.4, -0.2) is 99.3 Å². The number of nitrogens with two attached hydrogens (primary N) is 3. The first kappa shape index (κ1) is 30.2. The van der Waals surface area contributed by atoms with Crippen molar-refractivity contribution in [3.63, 3.8) is 0 Å². The minimum absolute atomic E-state index is 0.0526. The zero-order valence-corrected chi connectivity index (χ0v) is 20.9. The van der Waals surface area contributed by atoms with E-state index in [1.165, 1.54) is 17.4 Å². The number of aliphatic carboxylic acids is 1. The summed E-state index contributed by atoms with van der Waals surface area (Å²) in [5, 5.41) is 16.5. The monoisotopic (exact) mass is 537 g/mol. The molecular formula is C22H35N9O7. The number of hydrogen-bond acceptors (Lipinski definition) is 9. The van der Waals surface area contributed by atoms with Crippen molar-refractivity contribution in [2.75, 3.05) is 19.6 Å². The molecule has 11 N–H and O–H groups in total. The van der Waals surface area contributed by atoms with Gasteiger partial charge in [0.2, 0.25) is 29.5 Å². The topological polar surface area (TPSA) is 269 Å². The van der Waals surface area contributed by atoms with E-state index in [-0.39, 0.29) is 32.4 Å². The molecule has 16 heteroatoms. The molecule has 1 fully saturated rings. The van der Waals surface area contributed by atoms with Gasteiger partial charge in [-0.05, 0) is 32.2 Å². The van der Waals surface area contributed by atoms with Gasteiger partial charge in [-0.15, -0.1) is 0 Å². The summed E-state index contributed by atoms with van der Waals surface area (Å²) in [6.45, 7) is 0.0507. The van der Waals surface area contributed by atoms with Crippen LogP contribution < -0.4 is 33.2 Å². The lowest BCUT2D eigenvalue weighted by atomic mass is 10.1. The van der Waals surface area contributed by atoms with E-state index in [0.29, 0.717) is 18.5 Å². The number of imidazole rings is 1. The van der Waals surface area contributed by atoms with Crippen LogP contribution in [0.1, 0.15) is 37.8 Å². The molecule has 16 nitrogen and oxygen atoms in total. The third kappa shape index (κ3) is 9.11. The average Bonchev–Trinajstić information content (AvgIpc) is 3.56. The first-order valence-electron chi connectivity index (χ1n) is 12.1. The Kier molecular flexibility index (Phi) is 11.6. The average molecular weight is 538 g/mol. The van der Waals surface area contributed by atoms with Gasteiger partial charge in [0, 0.05) is 24.9 Å². The minimum atomic E-state index is -1.45. The van der Waals surface area contributed by atoms with Gasteiger partial charge >= 0.3 is 5.97 Å². The van der Waals surface area contributed by atoms with Gasteiger partial charge in [0.15, 0.2) is 0 Å². The molecule has 38 heavy (non-hydrogen) atoms. The van der Waals surface area contributed by atoms with Crippen molar-refractivity contribution in [2.24, 2.45) is 17.2 Å². The second-order valence-electron chi connectivity index (χ2n) is 8.91. The molecule has 0 saturated carbocycles. The summed E-state index contributed by atoms with van der Waals surface area (Å²) in [4.78, 5) is 81.6. The Morgan fingerprint density at radius 1 is 1.16 bits per heavy atom. The van der Waals surface area contributed by atoms with Crippen molar-refractivity contribution in [1.29, 1.82) is 0 Å². The summed E-state index contributed by atoms with van der Waals surface area (Å²) in [6.07, 6.45) is 3.74. The SMILES string of the molecule is NCCC[C@H](NC(=O)[C@H](CC(N)=O)NC(=O)[C@@H]1CCCN1C(=O)CNC(=O)[C@@H](N)Cc1cnc[nH]1)C(=O)O. The second-order valence-corrected chi connectivity index (χ2v) is 8.91. The van der Waals surface area contributed by atoms with E-state index in [4.69, 9.17) is 17.2 Å². The third-order valence-corrected chi connectivity index (χ3v) is 5.97. The molecule has 1 aliphatic heterocycles. The molecule has 2 heterocycles. The van der Waals surface area contributed by atoms with Crippen molar-refractivity contribution >= 4 is 35.5 Å². The van der Waals surface area contributed by atoms with Gasteiger partial charge in [-0.25, -0.2) is 9.78 Å². The number of H-pyrrole nitrogens is 1. The Morgan fingerprint density at radius 2 is 1.89 bits per heavy atom. The predicted octanol–water partition coefficient (Wildman–Crippen LogP) is -3.94. The quantitative estimate of drug-likeness (QED) is 0.108. The Hall–Kier alpha value is -4.05. The normalized spacial score (nSPS) is 17.2. The van der Waals surface area contributed by atoms with E-state index >= 15 is 0 Å². The van der Waals surface area contributed by atoms with E-state index < -0.39 is 72.6 Å². The number of carboxylic acids is 1. The standard InChI is InChI=1S/C22H35N9O7/c23-5-1-3-14(22(37)38)29-20(35)15(8-17(25)32)30-21(36)16-4-2-6-31(16)18(33)10-27-19(34)13(24)7-12-9-26-11-28-12/h9,11,13-16H,1-8,10,23-24H2,(H2,25,32)(H,26,28)(H,27,34)(H,29,35)(H,30,36)(H,37,38)/t13-,14-,15-,16-/m0/s1. The largest absolute Gasteiger partial charge is 0.480 e. The number of hydrogen-bond donors (Lipinski definition) is 8. The van der Waals surface area contributed by atoms with E-state index in [0.717, 1.165) is 0 Å². The highest BCUT2D eigenvalue weighted by Crippen LogP contribution is 2.18. The number of carbonyl (C=O) groups excluding carboxylic acids is 5. The van der Waals surface area contributed by atoms with Gasteiger partial charge in [-0.1, -0.05) is 0 Å². The summed E-state index contributed by atoms with van der Waals surface area (Å²) in [5.41, 5.74) is 17.1. The molecule has 5 amide bonds. The Bertz CT molecular complexity index is 1000. The first-order valence-corrected chi connectivity index (χ1v) is 12.1. The van der Waals surface area contributed by atoms with Crippen molar-refractivity contribution in [3.8, 4) is 0 Å². The second kappa shape index (κ2) is 14.6. The third-order valence-electron chi connectivity index (χ3n) is 5.97. The van der Waals surface area contributed by atoms with Crippen LogP contribution in [0.15, 0.2) is 12.5 Å². The number of nitrogens with one attached hydrogen (secondary N) is 4.